The summed E-state index contributed by atoms with van der Waals surface area (Å²) >= 11 is 1.81. The maximum Gasteiger partial charge on any atom is 0.220 e. The van der Waals surface area contributed by atoms with E-state index in [1.54, 1.807) is 0 Å². The molecule has 0 aliphatic carbocycles. The molecule has 0 saturated carbocycles. The Morgan fingerprint density at radius 3 is 2.68 bits per heavy atom. The van der Waals surface area contributed by atoms with Crippen molar-refractivity contribution < 1.29 is 4.79 Å². The molecule has 1 unspecified atom stereocenters. The molecule has 4 heteroatoms. The van der Waals surface area contributed by atoms with Gasteiger partial charge in [-0.1, -0.05) is 13.8 Å². The molecular formula is C15H26N2OS. The number of carbonyl (C=O) groups is 1. The van der Waals surface area contributed by atoms with Gasteiger partial charge in [0.05, 0.1) is 0 Å². The van der Waals surface area contributed by atoms with Crippen molar-refractivity contribution >= 4 is 17.2 Å². The van der Waals surface area contributed by atoms with Crippen molar-refractivity contribution in [2.24, 2.45) is 11.7 Å². The average Bonchev–Trinajstić information content (AvgIpc) is 2.73. The van der Waals surface area contributed by atoms with E-state index in [1.165, 1.54) is 9.75 Å². The molecule has 1 rings (SSSR count). The van der Waals surface area contributed by atoms with Crippen molar-refractivity contribution in [3.05, 3.63) is 21.9 Å². The summed E-state index contributed by atoms with van der Waals surface area (Å²) in [5.74, 6) is 0.687. The number of nitrogens with one attached hydrogen (secondary N) is 1. The molecule has 1 heterocycles. The first-order chi connectivity index (χ1) is 9.01. The minimum Gasteiger partial charge on any atom is -0.352 e. The quantitative estimate of drug-likeness (QED) is 0.770. The Labute approximate surface area is 120 Å². The molecule has 3 N–H and O–H groups in total. The summed E-state index contributed by atoms with van der Waals surface area (Å²) in [6.45, 7) is 6.93. The molecule has 0 aliphatic rings. The molecule has 0 aromatic carbocycles. The fraction of sp³-hybridized carbons (Fsp3) is 0.667. The van der Waals surface area contributed by atoms with E-state index in [4.69, 9.17) is 5.73 Å². The average molecular weight is 282 g/mol. The third-order valence-corrected chi connectivity index (χ3v) is 4.09. The number of hydrogen-bond donors (Lipinski definition) is 2. The summed E-state index contributed by atoms with van der Waals surface area (Å²) < 4.78 is 0. The molecule has 1 aromatic heterocycles. The van der Waals surface area contributed by atoms with Gasteiger partial charge in [0.25, 0.3) is 0 Å². The number of thiophene rings is 1. The fourth-order valence-corrected chi connectivity index (χ4v) is 3.06. The number of amides is 1. The van der Waals surface area contributed by atoms with E-state index in [2.05, 4.69) is 38.2 Å². The van der Waals surface area contributed by atoms with E-state index in [-0.39, 0.29) is 11.9 Å². The molecule has 0 saturated heterocycles. The summed E-state index contributed by atoms with van der Waals surface area (Å²) in [5.41, 5.74) is 5.68. The molecule has 0 spiro atoms. The van der Waals surface area contributed by atoms with Gasteiger partial charge >= 0.3 is 0 Å². The largest absolute Gasteiger partial charge is 0.352 e. The van der Waals surface area contributed by atoms with Gasteiger partial charge in [-0.25, -0.2) is 0 Å². The van der Waals surface area contributed by atoms with Gasteiger partial charge < -0.3 is 11.1 Å². The van der Waals surface area contributed by atoms with Crippen LogP contribution in [0.4, 0.5) is 0 Å². The van der Waals surface area contributed by atoms with Crippen LogP contribution in [-0.2, 0) is 11.2 Å². The third kappa shape index (κ3) is 6.73. The predicted octanol–water partition coefficient (Wildman–Crippen LogP) is 2.87. The molecular weight excluding hydrogens is 256 g/mol. The molecule has 0 fully saturated rings. The van der Waals surface area contributed by atoms with Gasteiger partial charge in [0.15, 0.2) is 0 Å². The zero-order valence-electron chi connectivity index (χ0n) is 12.2. The van der Waals surface area contributed by atoms with E-state index < -0.39 is 0 Å². The van der Waals surface area contributed by atoms with E-state index in [0.29, 0.717) is 18.9 Å². The molecule has 3 nitrogen and oxygen atoms in total. The highest BCUT2D eigenvalue weighted by Crippen LogP contribution is 2.17. The number of hydrogen-bond acceptors (Lipinski definition) is 3. The van der Waals surface area contributed by atoms with Crippen molar-refractivity contribution in [3.8, 4) is 0 Å². The molecule has 1 amide bonds. The van der Waals surface area contributed by atoms with E-state index in [0.717, 1.165) is 19.3 Å². The van der Waals surface area contributed by atoms with Crippen LogP contribution in [0.25, 0.3) is 0 Å². The van der Waals surface area contributed by atoms with Crippen LogP contribution in [0.1, 0.15) is 42.9 Å². The van der Waals surface area contributed by atoms with Crippen LogP contribution >= 0.6 is 11.3 Å². The zero-order valence-corrected chi connectivity index (χ0v) is 13.1. The van der Waals surface area contributed by atoms with Crippen molar-refractivity contribution in [1.82, 2.24) is 5.32 Å². The molecule has 1 atom stereocenters. The summed E-state index contributed by atoms with van der Waals surface area (Å²) in [7, 11) is 0. The third-order valence-electron chi connectivity index (χ3n) is 3.03. The summed E-state index contributed by atoms with van der Waals surface area (Å²) in [6, 6.07) is 4.41. The van der Waals surface area contributed by atoms with Crippen molar-refractivity contribution in [3.63, 3.8) is 0 Å². The van der Waals surface area contributed by atoms with Crippen LogP contribution in [0, 0.1) is 12.8 Å². The Balaban J connectivity index is 2.23. The van der Waals surface area contributed by atoms with Gasteiger partial charge in [0.1, 0.15) is 0 Å². The second-order valence-electron chi connectivity index (χ2n) is 5.50. The Bertz CT molecular complexity index is 387. The minimum absolute atomic E-state index is 0.122. The smallest absolute Gasteiger partial charge is 0.220 e. The first-order valence-electron chi connectivity index (χ1n) is 7.06. The van der Waals surface area contributed by atoms with Crippen LogP contribution in [-0.4, -0.2) is 18.5 Å². The fourth-order valence-electron chi connectivity index (χ4n) is 2.13. The van der Waals surface area contributed by atoms with Crippen LogP contribution in [0.5, 0.6) is 0 Å². The normalized spacial score (nSPS) is 12.7. The van der Waals surface area contributed by atoms with Gasteiger partial charge in [0, 0.05) is 28.8 Å². The second kappa shape index (κ2) is 8.33. The van der Waals surface area contributed by atoms with Gasteiger partial charge in [-0.3, -0.25) is 4.79 Å². The Hall–Kier alpha value is -0.870. The molecule has 0 radical (unpaired) electrons. The molecule has 0 bridgehead atoms. The van der Waals surface area contributed by atoms with Crippen LogP contribution in [0.2, 0.25) is 0 Å². The molecule has 1 aromatic rings. The number of nitrogens with two attached hydrogens (primary N) is 1. The minimum atomic E-state index is 0.122. The highest BCUT2D eigenvalue weighted by atomic mass is 32.1. The van der Waals surface area contributed by atoms with E-state index in [1.807, 2.05) is 11.3 Å². The van der Waals surface area contributed by atoms with Gasteiger partial charge in [-0.15, -0.1) is 11.3 Å². The first kappa shape index (κ1) is 16.2. The van der Waals surface area contributed by atoms with Gasteiger partial charge in [-0.05, 0) is 44.2 Å². The summed E-state index contributed by atoms with van der Waals surface area (Å²) in [6.07, 6.45) is 3.44. The Kier molecular flexibility index (Phi) is 7.10. The van der Waals surface area contributed by atoms with Crippen LogP contribution < -0.4 is 11.1 Å². The molecule has 0 aliphatic heterocycles. The SMILES string of the molecule is Cc1ccc(CCCC(=O)NC(CN)CC(C)C)s1. The van der Waals surface area contributed by atoms with E-state index in [9.17, 15) is 4.79 Å². The first-order valence-corrected chi connectivity index (χ1v) is 7.87. The van der Waals surface area contributed by atoms with Crippen molar-refractivity contribution in [1.29, 1.82) is 0 Å². The number of carbonyl (C=O) groups excluding carboxylic acids is 1. The summed E-state index contributed by atoms with van der Waals surface area (Å²) in [4.78, 5) is 14.5. The topological polar surface area (TPSA) is 55.1 Å². The Morgan fingerprint density at radius 1 is 1.42 bits per heavy atom. The van der Waals surface area contributed by atoms with Crippen LogP contribution in [0.3, 0.4) is 0 Å². The highest BCUT2D eigenvalue weighted by molar-refractivity contribution is 7.11. The number of rotatable bonds is 8. The standard InChI is InChI=1S/C15H26N2OS/c1-11(2)9-13(10-16)17-15(18)6-4-5-14-8-7-12(3)19-14/h7-8,11,13H,4-6,9-10,16H2,1-3H3,(H,17,18). The summed E-state index contributed by atoms with van der Waals surface area (Å²) in [5, 5.41) is 3.03. The van der Waals surface area contributed by atoms with Gasteiger partial charge in [-0.2, -0.15) is 0 Å². The number of aryl methyl sites for hydroxylation is 2. The lowest BCUT2D eigenvalue weighted by Crippen LogP contribution is -2.40. The van der Waals surface area contributed by atoms with Crippen molar-refractivity contribution in [2.45, 2.75) is 52.5 Å². The zero-order chi connectivity index (χ0) is 14.3. The lowest BCUT2D eigenvalue weighted by atomic mass is 10.0. The van der Waals surface area contributed by atoms with Crippen LogP contribution in [0.15, 0.2) is 12.1 Å². The molecule has 19 heavy (non-hydrogen) atoms. The van der Waals surface area contributed by atoms with Gasteiger partial charge in [0.2, 0.25) is 5.91 Å². The second-order valence-corrected chi connectivity index (χ2v) is 6.87. The predicted molar refractivity (Wildman–Crippen MR) is 82.4 cm³/mol. The monoisotopic (exact) mass is 282 g/mol. The highest BCUT2D eigenvalue weighted by Gasteiger charge is 2.12. The maximum atomic E-state index is 11.8. The molecule has 108 valence electrons. The lowest BCUT2D eigenvalue weighted by Gasteiger charge is -2.18. The maximum absolute atomic E-state index is 11.8. The lowest BCUT2D eigenvalue weighted by molar-refractivity contribution is -0.121. The van der Waals surface area contributed by atoms with Crippen molar-refractivity contribution in [2.75, 3.05) is 6.54 Å². The Morgan fingerprint density at radius 2 is 2.16 bits per heavy atom. The van der Waals surface area contributed by atoms with E-state index >= 15 is 0 Å².